The Morgan fingerprint density at radius 3 is 1.29 bits per heavy atom. The van der Waals surface area contributed by atoms with Crippen LogP contribution in [0.25, 0.3) is 9.69 Å². The predicted molar refractivity (Wildman–Crippen MR) is 47.1 cm³/mol. The van der Waals surface area contributed by atoms with Gasteiger partial charge in [0.05, 0.1) is 9.53 Å². The fourth-order valence-electron chi connectivity index (χ4n) is 0.901. The van der Waals surface area contributed by atoms with Crippen LogP contribution in [0.5, 0.6) is 0 Å². The van der Waals surface area contributed by atoms with Crippen molar-refractivity contribution >= 4 is 19.2 Å². The van der Waals surface area contributed by atoms with Gasteiger partial charge in [0.25, 0.3) is 0 Å². The van der Waals surface area contributed by atoms with Gasteiger partial charge in [-0.1, -0.05) is 13.1 Å². The van der Waals surface area contributed by atoms with Gasteiger partial charge in [-0.3, -0.25) is 0 Å². The summed E-state index contributed by atoms with van der Waals surface area (Å²) in [4.78, 5) is 4.69. The first-order valence-corrected chi connectivity index (χ1v) is 5.27. The van der Waals surface area contributed by atoms with Gasteiger partial charge >= 0.3 is 31.1 Å². The third-order valence-corrected chi connectivity index (χ3v) is 3.97. The van der Waals surface area contributed by atoms with E-state index in [1.165, 1.54) is 0 Å². The summed E-state index contributed by atoms with van der Waals surface area (Å²) in [5, 5.41) is 0. The zero-order valence-electron chi connectivity index (χ0n) is 7.50. The average molecular weight is 273 g/mol. The molecule has 11 heteroatoms. The standard InChI is InChI=1S/C6F6N4P/c1-13-3-4(14-2)16-17(15-3,5(7,8)9)6(10,11)12/q+1. The molecule has 17 heavy (non-hydrogen) atoms. The van der Waals surface area contributed by atoms with E-state index < -0.39 is 31.1 Å². The zero-order chi connectivity index (χ0) is 13.5. The van der Waals surface area contributed by atoms with Crippen LogP contribution >= 0.6 is 7.56 Å². The summed E-state index contributed by atoms with van der Waals surface area (Å²) in [6, 6.07) is 0. The Morgan fingerprint density at radius 2 is 1.12 bits per heavy atom. The molecule has 0 amide bonds. The van der Waals surface area contributed by atoms with Crippen molar-refractivity contribution in [2.24, 2.45) is 9.53 Å². The number of alkyl halides is 6. The molecular formula is C6F6N4P+. The van der Waals surface area contributed by atoms with E-state index in [0.29, 0.717) is 0 Å². The van der Waals surface area contributed by atoms with E-state index in [-0.39, 0.29) is 0 Å². The fraction of sp³-hybridized carbons (Fsp3) is 0.333. The highest BCUT2D eigenvalue weighted by atomic mass is 31.2. The maximum absolute atomic E-state index is 12.4. The lowest BCUT2D eigenvalue weighted by Gasteiger charge is -2.10. The zero-order valence-corrected chi connectivity index (χ0v) is 8.40. The van der Waals surface area contributed by atoms with Crippen LogP contribution in [-0.2, 0) is 0 Å². The third-order valence-electron chi connectivity index (χ3n) is 1.60. The molecule has 0 atom stereocenters. The number of hydrogen-bond acceptors (Lipinski definition) is 2. The molecule has 0 bridgehead atoms. The molecule has 1 aliphatic heterocycles. The van der Waals surface area contributed by atoms with E-state index >= 15 is 0 Å². The van der Waals surface area contributed by atoms with E-state index in [2.05, 4.69) is 19.2 Å². The van der Waals surface area contributed by atoms with Crippen molar-refractivity contribution in [3.8, 4) is 0 Å². The van der Waals surface area contributed by atoms with Crippen molar-refractivity contribution in [3.63, 3.8) is 0 Å². The first-order chi connectivity index (χ1) is 7.59. The minimum Gasteiger partial charge on any atom is -0.366 e. The van der Waals surface area contributed by atoms with Gasteiger partial charge in [-0.15, -0.1) is 26.3 Å². The monoisotopic (exact) mass is 273 g/mol. The molecule has 0 spiro atoms. The highest BCUT2D eigenvalue weighted by Crippen LogP contribution is 2.84. The molecule has 0 aromatic heterocycles. The van der Waals surface area contributed by atoms with Crippen LogP contribution in [0.3, 0.4) is 0 Å². The third kappa shape index (κ3) is 1.85. The normalized spacial score (nSPS) is 19.1. The number of amidine groups is 2. The lowest BCUT2D eigenvalue weighted by atomic mass is 10.6. The largest absolute Gasteiger partial charge is 0.608 e. The van der Waals surface area contributed by atoms with Crippen molar-refractivity contribution in [1.29, 1.82) is 0 Å². The van der Waals surface area contributed by atoms with Crippen molar-refractivity contribution in [2.45, 2.75) is 11.8 Å². The molecule has 0 N–H and O–H groups in total. The molecule has 0 aromatic carbocycles. The first-order valence-electron chi connectivity index (χ1n) is 3.57. The highest BCUT2D eigenvalue weighted by molar-refractivity contribution is 7.76. The van der Waals surface area contributed by atoms with Crippen molar-refractivity contribution < 1.29 is 26.3 Å². The van der Waals surface area contributed by atoms with Gasteiger partial charge in [0.15, 0.2) is 0 Å². The van der Waals surface area contributed by atoms with Crippen LogP contribution in [-0.4, -0.2) is 23.5 Å². The quantitative estimate of drug-likeness (QED) is 0.367. The van der Waals surface area contributed by atoms with Gasteiger partial charge in [0.2, 0.25) is 0 Å². The van der Waals surface area contributed by atoms with Gasteiger partial charge in [-0.25, -0.2) is 0 Å². The summed E-state index contributed by atoms with van der Waals surface area (Å²) in [7, 11) is -6.11. The Labute approximate surface area is 90.7 Å². The Hall–Kier alpha value is -1.67. The fourth-order valence-corrected chi connectivity index (χ4v) is 2.50. The molecule has 90 valence electrons. The van der Waals surface area contributed by atoms with Crippen LogP contribution in [0.4, 0.5) is 26.3 Å². The molecule has 0 saturated carbocycles. The van der Waals surface area contributed by atoms with Gasteiger partial charge in [0.1, 0.15) is 0 Å². The lowest BCUT2D eigenvalue weighted by molar-refractivity contribution is -0.0897. The van der Waals surface area contributed by atoms with E-state index in [1.807, 2.05) is 0 Å². The number of nitrogens with zero attached hydrogens (tertiary/aromatic N) is 4. The van der Waals surface area contributed by atoms with Crippen LogP contribution in [0.15, 0.2) is 9.53 Å². The summed E-state index contributed by atoms with van der Waals surface area (Å²) in [6.45, 7) is 12.7. The minimum atomic E-state index is -6.11. The molecule has 0 unspecified atom stereocenters. The van der Waals surface area contributed by atoms with Crippen LogP contribution in [0, 0.1) is 13.1 Å². The van der Waals surface area contributed by atoms with Gasteiger partial charge in [0, 0.05) is 0 Å². The summed E-state index contributed by atoms with van der Waals surface area (Å²) in [5.74, 6) is -14.0. The molecule has 0 aliphatic carbocycles. The Morgan fingerprint density at radius 1 is 0.824 bits per heavy atom. The van der Waals surface area contributed by atoms with Gasteiger partial charge < -0.3 is 9.69 Å². The molecule has 0 fully saturated rings. The molecule has 0 aromatic rings. The molecule has 1 aliphatic rings. The Bertz CT molecular complexity index is 441. The van der Waals surface area contributed by atoms with E-state index in [1.54, 1.807) is 0 Å². The van der Waals surface area contributed by atoms with Crippen LogP contribution in [0.2, 0.25) is 0 Å². The number of hydrogen-bond donors (Lipinski definition) is 0. The second kappa shape index (κ2) is 3.67. The molecule has 0 radical (unpaired) electrons. The summed E-state index contributed by atoms with van der Waals surface area (Å²) < 4.78 is 79.3. The molecule has 4 nitrogen and oxygen atoms in total. The topological polar surface area (TPSA) is 33.4 Å². The molecule has 1 rings (SSSR count). The lowest BCUT2D eigenvalue weighted by Crippen LogP contribution is -2.24. The maximum Gasteiger partial charge on any atom is 0.608 e. The maximum atomic E-state index is 12.4. The van der Waals surface area contributed by atoms with Crippen LogP contribution in [0.1, 0.15) is 0 Å². The predicted octanol–water partition coefficient (Wildman–Crippen LogP) is 3.52. The smallest absolute Gasteiger partial charge is 0.366 e. The second-order valence-electron chi connectivity index (χ2n) is 2.61. The average Bonchev–Trinajstić information content (AvgIpc) is 2.55. The molecule has 1 heterocycles. The Balaban J connectivity index is 3.56. The molecular weight excluding hydrogens is 273 g/mol. The Kier molecular flexibility index (Phi) is 2.89. The second-order valence-corrected chi connectivity index (χ2v) is 5.22. The van der Waals surface area contributed by atoms with Crippen LogP contribution < -0.4 is 0 Å². The van der Waals surface area contributed by atoms with Crippen molar-refractivity contribution in [2.75, 3.05) is 0 Å². The van der Waals surface area contributed by atoms with Crippen molar-refractivity contribution in [1.82, 2.24) is 0 Å². The van der Waals surface area contributed by atoms with Gasteiger partial charge in [-0.2, -0.15) is 0 Å². The summed E-state index contributed by atoms with van der Waals surface area (Å²) >= 11 is 0. The van der Waals surface area contributed by atoms with Crippen molar-refractivity contribution in [3.05, 3.63) is 22.8 Å². The highest BCUT2D eigenvalue weighted by Gasteiger charge is 2.93. The van der Waals surface area contributed by atoms with E-state index in [4.69, 9.17) is 13.1 Å². The summed E-state index contributed by atoms with van der Waals surface area (Å²) in [5.41, 5.74) is 0. The number of rotatable bonds is 0. The van der Waals surface area contributed by atoms with E-state index in [9.17, 15) is 26.3 Å². The number of halogens is 6. The summed E-state index contributed by atoms with van der Waals surface area (Å²) in [6.07, 6.45) is 0. The first kappa shape index (κ1) is 13.4. The molecule has 0 saturated heterocycles. The minimum absolute atomic E-state index is 1.25. The SMILES string of the molecule is [C-]#[N+]C1=N[P+](C(F)(F)F)(C(F)(F)F)N=C1[N+]#[C-]. The van der Waals surface area contributed by atoms with Gasteiger partial charge in [-0.05, 0) is 0 Å². The van der Waals surface area contributed by atoms with E-state index in [0.717, 1.165) is 0 Å².